The highest BCUT2D eigenvalue weighted by Gasteiger charge is 2.28. The molecule has 1 aliphatic heterocycles. The minimum Gasteiger partial charge on any atom is -0.481 e. The molecule has 0 radical (unpaired) electrons. The lowest BCUT2D eigenvalue weighted by atomic mass is 10.2. The minimum atomic E-state index is -0.486. The van der Waals surface area contributed by atoms with Crippen molar-refractivity contribution >= 4 is 38.8 Å². The van der Waals surface area contributed by atoms with Crippen LogP contribution in [0.5, 0.6) is 5.75 Å². The number of benzene rings is 1. The summed E-state index contributed by atoms with van der Waals surface area (Å²) in [5.41, 5.74) is 0. The summed E-state index contributed by atoms with van der Waals surface area (Å²) < 4.78 is 6.84. The van der Waals surface area contributed by atoms with Crippen LogP contribution in [0.4, 0.5) is 0 Å². The number of amides is 1. The van der Waals surface area contributed by atoms with Gasteiger partial charge in [0.15, 0.2) is 11.3 Å². The van der Waals surface area contributed by atoms with Gasteiger partial charge in [0.25, 0.3) is 5.91 Å². The van der Waals surface area contributed by atoms with Crippen molar-refractivity contribution in [3.05, 3.63) is 28.7 Å². The molecule has 0 saturated carbocycles. The topological polar surface area (TPSA) is 68.9 Å². The summed E-state index contributed by atoms with van der Waals surface area (Å²) in [5, 5.41) is 9.44. The monoisotopic (exact) mass is 424 g/mol. The van der Waals surface area contributed by atoms with Gasteiger partial charge in [0.05, 0.1) is 0 Å². The van der Waals surface area contributed by atoms with Crippen LogP contribution >= 0.6 is 27.7 Å². The Labute approximate surface area is 161 Å². The Kier molecular flexibility index (Phi) is 7.59. The van der Waals surface area contributed by atoms with Gasteiger partial charge in [-0.3, -0.25) is 4.79 Å². The van der Waals surface area contributed by atoms with Crippen molar-refractivity contribution in [2.75, 3.05) is 32.4 Å². The molecular formula is C17H21BrN4O2S. The second-order valence-electron chi connectivity index (χ2n) is 5.48. The molecule has 1 aliphatic rings. The van der Waals surface area contributed by atoms with E-state index in [2.05, 4.69) is 20.9 Å². The summed E-state index contributed by atoms with van der Waals surface area (Å²) in [6.45, 7) is 4.49. The van der Waals surface area contributed by atoms with E-state index in [0.29, 0.717) is 43.5 Å². The molecule has 25 heavy (non-hydrogen) atoms. The summed E-state index contributed by atoms with van der Waals surface area (Å²) in [4.78, 5) is 20.5. The molecule has 2 rings (SSSR count). The number of thioether (sulfide) groups is 1. The van der Waals surface area contributed by atoms with E-state index in [1.165, 1.54) is 11.8 Å². The maximum atomic E-state index is 12.8. The Morgan fingerprint density at radius 1 is 1.32 bits per heavy atom. The molecule has 1 fully saturated rings. The quantitative estimate of drug-likeness (QED) is 0.422. The van der Waals surface area contributed by atoms with Crippen molar-refractivity contribution in [2.24, 2.45) is 4.99 Å². The predicted octanol–water partition coefficient (Wildman–Crippen LogP) is 2.95. The van der Waals surface area contributed by atoms with Crippen molar-refractivity contribution in [1.82, 2.24) is 9.80 Å². The van der Waals surface area contributed by atoms with E-state index < -0.39 is 6.10 Å². The lowest BCUT2D eigenvalue weighted by Crippen LogP contribution is -2.53. The fraction of sp³-hybridized carbons (Fsp3) is 0.471. The highest BCUT2D eigenvalue weighted by Crippen LogP contribution is 2.19. The van der Waals surface area contributed by atoms with Crippen LogP contribution in [-0.2, 0) is 4.79 Å². The maximum Gasteiger partial charge on any atom is 0.263 e. The average Bonchev–Trinajstić information content (AvgIpc) is 2.65. The van der Waals surface area contributed by atoms with Gasteiger partial charge in [0.2, 0.25) is 6.19 Å². The molecule has 1 aromatic carbocycles. The number of hydrogen-bond acceptors (Lipinski definition) is 5. The normalized spacial score (nSPS) is 16.3. The van der Waals surface area contributed by atoms with Gasteiger partial charge < -0.3 is 14.5 Å². The molecule has 1 atom stereocenters. The number of nitriles is 1. The minimum absolute atomic E-state index is 0.00740. The second kappa shape index (κ2) is 9.68. The van der Waals surface area contributed by atoms with E-state index >= 15 is 0 Å². The Morgan fingerprint density at radius 3 is 2.44 bits per heavy atom. The van der Waals surface area contributed by atoms with Crippen molar-refractivity contribution < 1.29 is 9.53 Å². The van der Waals surface area contributed by atoms with Gasteiger partial charge in [-0.15, -0.1) is 4.99 Å². The molecule has 0 N–H and O–H groups in total. The van der Waals surface area contributed by atoms with Crippen LogP contribution in [0, 0.1) is 11.5 Å². The first-order chi connectivity index (χ1) is 12.1. The molecule has 0 aromatic heterocycles. The van der Waals surface area contributed by atoms with E-state index in [4.69, 9.17) is 10.00 Å². The molecule has 1 amide bonds. The van der Waals surface area contributed by atoms with Gasteiger partial charge in [0, 0.05) is 30.7 Å². The first kappa shape index (κ1) is 19.6. The van der Waals surface area contributed by atoms with Gasteiger partial charge in [-0.2, -0.15) is 5.26 Å². The molecule has 0 aliphatic carbocycles. The lowest BCUT2D eigenvalue weighted by Gasteiger charge is -2.37. The number of nitrogens with zero attached hydrogens (tertiary/aromatic N) is 4. The Morgan fingerprint density at radius 2 is 1.92 bits per heavy atom. The van der Waals surface area contributed by atoms with Crippen molar-refractivity contribution in [3.8, 4) is 11.9 Å². The van der Waals surface area contributed by atoms with Crippen LogP contribution in [0.25, 0.3) is 0 Å². The third kappa shape index (κ3) is 5.38. The third-order valence-electron chi connectivity index (χ3n) is 3.93. The molecule has 1 aromatic rings. The van der Waals surface area contributed by atoms with E-state index in [0.717, 1.165) is 4.47 Å². The van der Waals surface area contributed by atoms with Crippen LogP contribution in [-0.4, -0.2) is 59.4 Å². The number of hydrogen-bond donors (Lipinski definition) is 0. The van der Waals surface area contributed by atoms with Crippen LogP contribution in [0.3, 0.4) is 0 Å². The number of halogens is 1. The van der Waals surface area contributed by atoms with Gasteiger partial charge >= 0.3 is 0 Å². The predicted molar refractivity (Wildman–Crippen MR) is 104 cm³/mol. The van der Waals surface area contributed by atoms with Gasteiger partial charge in [-0.05, 0) is 36.9 Å². The van der Waals surface area contributed by atoms with E-state index in [-0.39, 0.29) is 5.91 Å². The van der Waals surface area contributed by atoms with Crippen molar-refractivity contribution in [3.63, 3.8) is 0 Å². The molecule has 6 nitrogen and oxygen atoms in total. The van der Waals surface area contributed by atoms with E-state index in [1.807, 2.05) is 53.4 Å². The van der Waals surface area contributed by atoms with E-state index in [9.17, 15) is 4.79 Å². The number of ether oxygens (including phenoxy) is 1. The molecule has 1 saturated heterocycles. The molecule has 8 heteroatoms. The van der Waals surface area contributed by atoms with E-state index in [1.54, 1.807) is 0 Å². The smallest absolute Gasteiger partial charge is 0.263 e. The zero-order valence-corrected chi connectivity index (χ0v) is 16.7. The summed E-state index contributed by atoms with van der Waals surface area (Å²) in [7, 11) is 0. The average molecular weight is 425 g/mol. The van der Waals surface area contributed by atoms with Crippen LogP contribution in [0.15, 0.2) is 33.7 Å². The molecule has 0 bridgehead atoms. The molecule has 134 valence electrons. The summed E-state index contributed by atoms with van der Waals surface area (Å²) in [5.74, 6) is 0.695. The summed E-state index contributed by atoms with van der Waals surface area (Å²) >= 11 is 4.83. The Bertz CT molecular complexity index is 652. The summed E-state index contributed by atoms with van der Waals surface area (Å²) in [6.07, 6.45) is 3.85. The summed E-state index contributed by atoms with van der Waals surface area (Å²) in [6, 6.07) is 7.48. The van der Waals surface area contributed by atoms with Crippen molar-refractivity contribution in [1.29, 1.82) is 5.26 Å². The number of amidine groups is 1. The van der Waals surface area contributed by atoms with Gasteiger partial charge in [0.1, 0.15) is 5.75 Å². The fourth-order valence-electron chi connectivity index (χ4n) is 2.60. The highest BCUT2D eigenvalue weighted by molar-refractivity contribution is 9.10. The van der Waals surface area contributed by atoms with Gasteiger partial charge in [-0.25, -0.2) is 0 Å². The maximum absolute atomic E-state index is 12.8. The lowest BCUT2D eigenvalue weighted by molar-refractivity contribution is -0.140. The zero-order chi connectivity index (χ0) is 18.2. The SMILES string of the molecule is CCC(Oc1ccc(Br)cc1)C(=O)N1CCN(C(=NC#N)SC)CC1. The first-order valence-corrected chi connectivity index (χ1v) is 10.1. The number of piperazine rings is 1. The van der Waals surface area contributed by atoms with Crippen molar-refractivity contribution in [2.45, 2.75) is 19.4 Å². The van der Waals surface area contributed by atoms with Crippen LogP contribution in [0.2, 0.25) is 0 Å². The first-order valence-electron chi connectivity index (χ1n) is 8.05. The second-order valence-corrected chi connectivity index (χ2v) is 7.17. The molecular weight excluding hydrogens is 404 g/mol. The largest absolute Gasteiger partial charge is 0.481 e. The Balaban J connectivity index is 1.94. The standard InChI is InChI=1S/C17H21BrN4O2S/c1-3-15(24-14-6-4-13(18)5-7-14)16(23)21-8-10-22(11-9-21)17(25-2)20-12-19/h4-7,15H,3,8-11H2,1-2H3. The number of carbonyl (C=O) groups is 1. The zero-order valence-electron chi connectivity index (χ0n) is 14.3. The highest BCUT2D eigenvalue weighted by atomic mass is 79.9. The number of carbonyl (C=O) groups excluding carboxylic acids is 1. The molecule has 1 unspecified atom stereocenters. The number of rotatable bonds is 4. The molecule has 1 heterocycles. The Hall–Kier alpha value is -1.72. The fourth-order valence-corrected chi connectivity index (χ4v) is 3.43. The third-order valence-corrected chi connectivity index (χ3v) is 5.17. The molecule has 0 spiro atoms. The van der Waals surface area contributed by atoms with Crippen LogP contribution < -0.4 is 4.74 Å². The number of aliphatic imine (C=N–C) groups is 1. The van der Waals surface area contributed by atoms with Crippen LogP contribution in [0.1, 0.15) is 13.3 Å². The van der Waals surface area contributed by atoms with Gasteiger partial charge in [-0.1, -0.05) is 34.6 Å².